The highest BCUT2D eigenvalue weighted by atomic mass is 32.2. The van der Waals surface area contributed by atoms with Gasteiger partial charge in [0.15, 0.2) is 0 Å². The van der Waals surface area contributed by atoms with Crippen molar-refractivity contribution < 1.29 is 9.53 Å². The number of hydrogen-bond acceptors (Lipinski definition) is 6. The molecule has 2 aromatic heterocycles. The van der Waals surface area contributed by atoms with Crippen LogP contribution in [-0.4, -0.2) is 15.9 Å². The molecule has 6 heteroatoms. The Hall–Kier alpha value is -2.18. The molecule has 0 fully saturated rings. The molecule has 0 bridgehead atoms. The van der Waals surface area contributed by atoms with Gasteiger partial charge in [-0.3, -0.25) is 4.98 Å². The maximum absolute atomic E-state index is 12.3. The van der Waals surface area contributed by atoms with Gasteiger partial charge in [0.25, 0.3) is 0 Å². The number of esters is 1. The van der Waals surface area contributed by atoms with Crippen molar-refractivity contribution in [1.82, 2.24) is 9.97 Å². The quantitative estimate of drug-likeness (QED) is 0.497. The normalized spacial score (nSPS) is 10.4. The van der Waals surface area contributed by atoms with E-state index in [0.29, 0.717) is 5.56 Å². The van der Waals surface area contributed by atoms with Crippen LogP contribution in [-0.2, 0) is 17.1 Å². The monoisotopic (exact) mass is 342 g/mol. The number of pyridine rings is 1. The van der Waals surface area contributed by atoms with E-state index in [1.807, 2.05) is 47.3 Å². The summed E-state index contributed by atoms with van der Waals surface area (Å²) < 4.78 is 5.36. The zero-order chi connectivity index (χ0) is 15.9. The topological polar surface area (TPSA) is 52.1 Å². The van der Waals surface area contributed by atoms with Gasteiger partial charge in [-0.1, -0.05) is 18.2 Å². The summed E-state index contributed by atoms with van der Waals surface area (Å²) in [6.07, 6.45) is 1.68. The Bertz CT molecular complexity index is 761. The maximum Gasteiger partial charge on any atom is 0.339 e. The van der Waals surface area contributed by atoms with Gasteiger partial charge < -0.3 is 4.74 Å². The van der Waals surface area contributed by atoms with E-state index in [9.17, 15) is 4.79 Å². The highest BCUT2D eigenvalue weighted by molar-refractivity contribution is 7.98. The Morgan fingerprint density at radius 1 is 1.09 bits per heavy atom. The van der Waals surface area contributed by atoms with Crippen LogP contribution in [0.15, 0.2) is 64.4 Å². The zero-order valence-electron chi connectivity index (χ0n) is 12.2. The lowest BCUT2D eigenvalue weighted by atomic mass is 10.2. The predicted octanol–water partition coefficient (Wildman–Crippen LogP) is 4.19. The second-order valence-corrected chi connectivity index (χ2v) is 6.40. The fraction of sp³-hybridized carbons (Fsp3) is 0.118. The smallest absolute Gasteiger partial charge is 0.339 e. The molecule has 0 atom stereocenters. The van der Waals surface area contributed by atoms with E-state index in [1.54, 1.807) is 35.4 Å². The van der Waals surface area contributed by atoms with Crippen molar-refractivity contribution in [2.45, 2.75) is 17.3 Å². The first-order valence-corrected chi connectivity index (χ1v) is 8.91. The highest BCUT2D eigenvalue weighted by Gasteiger charge is 2.13. The number of thioether (sulfide) groups is 1. The highest BCUT2D eigenvalue weighted by Crippen LogP contribution is 2.26. The van der Waals surface area contributed by atoms with E-state index < -0.39 is 0 Å². The van der Waals surface area contributed by atoms with Crippen molar-refractivity contribution in [1.29, 1.82) is 0 Å². The van der Waals surface area contributed by atoms with Gasteiger partial charge in [-0.25, -0.2) is 9.78 Å². The third-order valence-electron chi connectivity index (χ3n) is 3.04. The number of thiazole rings is 1. The first kappa shape index (κ1) is 15.7. The van der Waals surface area contributed by atoms with E-state index in [-0.39, 0.29) is 12.6 Å². The zero-order valence-corrected chi connectivity index (χ0v) is 13.8. The fourth-order valence-corrected chi connectivity index (χ4v) is 3.53. The molecule has 0 amide bonds. The van der Waals surface area contributed by atoms with Gasteiger partial charge in [0.2, 0.25) is 0 Å². The van der Waals surface area contributed by atoms with Crippen molar-refractivity contribution in [2.75, 3.05) is 0 Å². The fourth-order valence-electron chi connectivity index (χ4n) is 1.92. The Kier molecular flexibility index (Phi) is 5.39. The molecule has 0 unspecified atom stereocenters. The maximum atomic E-state index is 12.3. The second kappa shape index (κ2) is 7.89. The first-order valence-electron chi connectivity index (χ1n) is 6.99. The number of hydrogen-bond donors (Lipinski definition) is 0. The first-order chi connectivity index (χ1) is 11.3. The molecular weight excluding hydrogens is 328 g/mol. The van der Waals surface area contributed by atoms with E-state index in [4.69, 9.17) is 4.74 Å². The van der Waals surface area contributed by atoms with Crippen molar-refractivity contribution in [2.24, 2.45) is 0 Å². The van der Waals surface area contributed by atoms with Crippen LogP contribution in [0.1, 0.15) is 21.7 Å². The van der Waals surface area contributed by atoms with Crippen LogP contribution < -0.4 is 0 Å². The molecule has 3 aromatic rings. The number of benzene rings is 1. The summed E-state index contributed by atoms with van der Waals surface area (Å²) in [6.45, 7) is 0.171. The molecule has 0 aliphatic carbocycles. The molecular formula is C17H14N2O2S2. The second-order valence-electron chi connectivity index (χ2n) is 4.66. The molecule has 0 spiro atoms. The molecule has 4 nitrogen and oxygen atoms in total. The number of aromatic nitrogens is 2. The summed E-state index contributed by atoms with van der Waals surface area (Å²) in [7, 11) is 0. The Morgan fingerprint density at radius 3 is 2.74 bits per heavy atom. The number of carbonyl (C=O) groups is 1. The lowest BCUT2D eigenvalue weighted by Gasteiger charge is -2.08. The number of rotatable bonds is 6. The van der Waals surface area contributed by atoms with Crippen molar-refractivity contribution >= 4 is 29.1 Å². The van der Waals surface area contributed by atoms with Crippen molar-refractivity contribution in [3.63, 3.8) is 0 Å². The number of carbonyl (C=O) groups excluding carboxylic acids is 1. The van der Waals surface area contributed by atoms with E-state index in [2.05, 4.69) is 9.97 Å². The molecule has 3 rings (SSSR count). The lowest BCUT2D eigenvalue weighted by Crippen LogP contribution is -2.07. The summed E-state index contributed by atoms with van der Waals surface area (Å²) in [5, 5.41) is 2.01. The molecule has 0 aliphatic rings. The van der Waals surface area contributed by atoms with Gasteiger partial charge in [0.05, 0.1) is 22.5 Å². The molecule has 116 valence electrons. The molecule has 0 saturated carbocycles. The minimum atomic E-state index is -0.336. The third kappa shape index (κ3) is 4.40. The van der Waals surface area contributed by atoms with Gasteiger partial charge in [-0.2, -0.15) is 0 Å². The molecule has 0 saturated heterocycles. The average molecular weight is 342 g/mol. The van der Waals surface area contributed by atoms with Crippen molar-refractivity contribution in [3.8, 4) is 0 Å². The molecule has 23 heavy (non-hydrogen) atoms. The van der Waals surface area contributed by atoms with Gasteiger partial charge in [0.1, 0.15) is 6.61 Å². The molecule has 2 heterocycles. The van der Waals surface area contributed by atoms with E-state index in [1.165, 1.54) is 0 Å². The van der Waals surface area contributed by atoms with Gasteiger partial charge in [0, 0.05) is 22.2 Å². The summed E-state index contributed by atoms with van der Waals surface area (Å²) >= 11 is 3.15. The van der Waals surface area contributed by atoms with Crippen LogP contribution in [0.5, 0.6) is 0 Å². The van der Waals surface area contributed by atoms with Crippen LogP contribution in [0, 0.1) is 0 Å². The summed E-state index contributed by atoms with van der Waals surface area (Å²) in [5.74, 6) is 0.394. The van der Waals surface area contributed by atoms with Crippen LogP contribution in [0.2, 0.25) is 0 Å². The van der Waals surface area contributed by atoms with Crippen LogP contribution >= 0.6 is 23.1 Å². The lowest BCUT2D eigenvalue weighted by molar-refractivity contribution is 0.0463. The molecule has 0 aliphatic heterocycles. The van der Waals surface area contributed by atoms with Crippen molar-refractivity contribution in [3.05, 3.63) is 76.5 Å². The molecule has 1 aromatic carbocycles. The van der Waals surface area contributed by atoms with Gasteiger partial charge in [-0.05, 0) is 24.3 Å². The number of ether oxygens (including phenoxy) is 1. The number of nitrogens with zero attached hydrogens (tertiary/aromatic N) is 2. The molecule has 0 radical (unpaired) electrons. The minimum absolute atomic E-state index is 0.171. The standard InChI is InChI=1S/C17H14N2O2S2/c20-17(21-9-13-5-3-4-8-18-13)15-6-1-2-7-16(15)23-11-14-10-22-12-19-14/h1-8,10,12H,9,11H2. The Labute approximate surface area is 142 Å². The summed E-state index contributed by atoms with van der Waals surface area (Å²) in [6, 6.07) is 13.0. The van der Waals surface area contributed by atoms with Crippen LogP contribution in [0.4, 0.5) is 0 Å². The largest absolute Gasteiger partial charge is 0.456 e. The Balaban J connectivity index is 1.65. The average Bonchev–Trinajstić information content (AvgIpc) is 3.12. The Morgan fingerprint density at radius 2 is 1.96 bits per heavy atom. The van der Waals surface area contributed by atoms with E-state index >= 15 is 0 Å². The SMILES string of the molecule is O=C(OCc1ccccn1)c1ccccc1SCc1cscn1. The third-order valence-corrected chi connectivity index (χ3v) is 4.79. The van der Waals surface area contributed by atoms with Gasteiger partial charge >= 0.3 is 5.97 Å². The summed E-state index contributed by atoms with van der Waals surface area (Å²) in [4.78, 5) is 21.6. The molecule has 0 N–H and O–H groups in total. The van der Waals surface area contributed by atoms with E-state index in [0.717, 1.165) is 22.0 Å². The minimum Gasteiger partial charge on any atom is -0.456 e. The summed E-state index contributed by atoms with van der Waals surface area (Å²) in [5.41, 5.74) is 4.12. The predicted molar refractivity (Wildman–Crippen MR) is 91.5 cm³/mol. The van der Waals surface area contributed by atoms with Crippen LogP contribution in [0.3, 0.4) is 0 Å². The van der Waals surface area contributed by atoms with Crippen LogP contribution in [0.25, 0.3) is 0 Å². The van der Waals surface area contributed by atoms with Gasteiger partial charge in [-0.15, -0.1) is 23.1 Å².